The number of aromatic nitrogens is 3. The quantitative estimate of drug-likeness (QED) is 0.791. The van der Waals surface area contributed by atoms with Crippen molar-refractivity contribution in [3.05, 3.63) is 66.0 Å². The summed E-state index contributed by atoms with van der Waals surface area (Å²) in [6, 6.07) is 17.0. The highest BCUT2D eigenvalue weighted by molar-refractivity contribution is 6.04. The second-order valence-corrected chi connectivity index (χ2v) is 6.30. The number of aryl methyl sites for hydroxylation is 1. The van der Waals surface area contributed by atoms with Crippen molar-refractivity contribution in [3.63, 3.8) is 0 Å². The van der Waals surface area contributed by atoms with Crippen molar-refractivity contribution >= 4 is 11.6 Å². The summed E-state index contributed by atoms with van der Waals surface area (Å²) in [6.07, 6.45) is 4.54. The van der Waals surface area contributed by atoms with E-state index in [1.54, 1.807) is 12.1 Å². The molecule has 1 amide bonds. The summed E-state index contributed by atoms with van der Waals surface area (Å²) in [7, 11) is 0. The fourth-order valence-corrected chi connectivity index (χ4v) is 3.23. The van der Waals surface area contributed by atoms with Gasteiger partial charge in [-0.15, -0.1) is 10.2 Å². The normalized spacial score (nSPS) is 13.8. The van der Waals surface area contributed by atoms with E-state index in [-0.39, 0.29) is 5.91 Å². The number of hydrogen-bond acceptors (Lipinski definition) is 3. The number of benzene rings is 2. The third kappa shape index (κ3) is 3.31. The Balaban J connectivity index is 1.60. The molecule has 5 nitrogen and oxygen atoms in total. The molecule has 0 saturated heterocycles. The van der Waals surface area contributed by atoms with Crippen molar-refractivity contribution < 1.29 is 4.79 Å². The van der Waals surface area contributed by atoms with Crippen LogP contribution in [0, 0.1) is 0 Å². The first-order chi connectivity index (χ1) is 12.3. The predicted octanol–water partition coefficient (Wildman–Crippen LogP) is 3.92. The SMILES string of the molecule is O=C(Nc1cccc(-c2nnc3n2CCCCC3)c1)c1ccccc1. The second-order valence-electron chi connectivity index (χ2n) is 6.30. The molecule has 0 unspecified atom stereocenters. The minimum absolute atomic E-state index is 0.113. The maximum atomic E-state index is 12.3. The first kappa shape index (κ1) is 15.6. The Morgan fingerprint density at radius 2 is 1.84 bits per heavy atom. The summed E-state index contributed by atoms with van der Waals surface area (Å²) in [5.74, 6) is 1.83. The molecule has 1 aromatic heterocycles. The summed E-state index contributed by atoms with van der Waals surface area (Å²) >= 11 is 0. The van der Waals surface area contributed by atoms with E-state index in [0.717, 1.165) is 42.3 Å². The number of rotatable bonds is 3. The van der Waals surface area contributed by atoms with Crippen LogP contribution in [0.1, 0.15) is 35.4 Å². The summed E-state index contributed by atoms with van der Waals surface area (Å²) < 4.78 is 2.21. The van der Waals surface area contributed by atoms with Crippen molar-refractivity contribution in [1.29, 1.82) is 0 Å². The molecule has 0 aliphatic carbocycles. The van der Waals surface area contributed by atoms with E-state index in [1.165, 1.54) is 12.8 Å². The lowest BCUT2D eigenvalue weighted by Crippen LogP contribution is -2.11. The molecule has 0 spiro atoms. The molecule has 0 atom stereocenters. The van der Waals surface area contributed by atoms with Crippen LogP contribution in [0.15, 0.2) is 54.6 Å². The third-order valence-electron chi connectivity index (χ3n) is 4.52. The van der Waals surface area contributed by atoms with Crippen LogP contribution in [0.2, 0.25) is 0 Å². The standard InChI is InChI=1S/C20H20N4O/c25-20(15-8-3-1-4-9-15)21-17-11-7-10-16(14-17)19-23-22-18-12-5-2-6-13-24(18)19/h1,3-4,7-11,14H,2,5-6,12-13H2,(H,21,25). The topological polar surface area (TPSA) is 59.8 Å². The van der Waals surface area contributed by atoms with Crippen molar-refractivity contribution in [2.75, 3.05) is 5.32 Å². The largest absolute Gasteiger partial charge is 0.322 e. The van der Waals surface area contributed by atoms with Crippen molar-refractivity contribution in [2.45, 2.75) is 32.2 Å². The fraction of sp³-hybridized carbons (Fsp3) is 0.250. The second kappa shape index (κ2) is 6.89. The maximum absolute atomic E-state index is 12.3. The lowest BCUT2D eigenvalue weighted by molar-refractivity contribution is 0.102. The molecular formula is C20H20N4O. The fourth-order valence-electron chi connectivity index (χ4n) is 3.23. The zero-order valence-electron chi connectivity index (χ0n) is 14.0. The molecule has 1 aliphatic rings. The smallest absolute Gasteiger partial charge is 0.255 e. The van der Waals surface area contributed by atoms with Crippen LogP contribution < -0.4 is 5.32 Å². The van der Waals surface area contributed by atoms with Gasteiger partial charge in [0.25, 0.3) is 5.91 Å². The van der Waals surface area contributed by atoms with Gasteiger partial charge < -0.3 is 9.88 Å². The van der Waals surface area contributed by atoms with E-state index in [2.05, 4.69) is 20.1 Å². The molecule has 4 rings (SSSR count). The number of nitrogens with zero attached hydrogens (tertiary/aromatic N) is 3. The molecule has 1 aliphatic heterocycles. The minimum atomic E-state index is -0.113. The lowest BCUT2D eigenvalue weighted by Gasteiger charge is -2.09. The minimum Gasteiger partial charge on any atom is -0.322 e. The Morgan fingerprint density at radius 1 is 0.960 bits per heavy atom. The average molecular weight is 332 g/mol. The van der Waals surface area contributed by atoms with Crippen molar-refractivity contribution in [3.8, 4) is 11.4 Å². The summed E-state index contributed by atoms with van der Waals surface area (Å²) in [6.45, 7) is 0.957. The number of amides is 1. The molecule has 3 aromatic rings. The Morgan fingerprint density at radius 3 is 2.72 bits per heavy atom. The molecule has 2 aromatic carbocycles. The number of carbonyl (C=O) groups excluding carboxylic acids is 1. The number of carbonyl (C=O) groups is 1. The number of nitrogens with one attached hydrogen (secondary N) is 1. The molecule has 0 saturated carbocycles. The van der Waals surface area contributed by atoms with Crippen LogP contribution in [-0.2, 0) is 13.0 Å². The number of hydrogen-bond donors (Lipinski definition) is 1. The summed E-state index contributed by atoms with van der Waals surface area (Å²) in [4.78, 5) is 12.3. The Hall–Kier alpha value is -2.95. The highest BCUT2D eigenvalue weighted by Gasteiger charge is 2.16. The van der Waals surface area contributed by atoms with Gasteiger partial charge in [-0.25, -0.2) is 0 Å². The maximum Gasteiger partial charge on any atom is 0.255 e. The predicted molar refractivity (Wildman–Crippen MR) is 97.4 cm³/mol. The average Bonchev–Trinajstić information content (AvgIpc) is 2.91. The van der Waals surface area contributed by atoms with Gasteiger partial charge in [-0.1, -0.05) is 36.8 Å². The van der Waals surface area contributed by atoms with Crippen LogP contribution in [0.25, 0.3) is 11.4 Å². The van der Waals surface area contributed by atoms with Crippen molar-refractivity contribution in [1.82, 2.24) is 14.8 Å². The van der Waals surface area contributed by atoms with Gasteiger partial charge in [0.1, 0.15) is 5.82 Å². The van der Waals surface area contributed by atoms with E-state index in [4.69, 9.17) is 0 Å². The number of fused-ring (bicyclic) bond motifs is 1. The van der Waals surface area contributed by atoms with Gasteiger partial charge in [0.15, 0.2) is 5.82 Å². The van der Waals surface area contributed by atoms with Gasteiger partial charge in [0, 0.05) is 29.8 Å². The van der Waals surface area contributed by atoms with Gasteiger partial charge in [-0.3, -0.25) is 4.79 Å². The Bertz CT molecular complexity index is 886. The monoisotopic (exact) mass is 332 g/mol. The number of anilines is 1. The zero-order chi connectivity index (χ0) is 17.1. The van der Waals surface area contributed by atoms with Crippen LogP contribution in [-0.4, -0.2) is 20.7 Å². The summed E-state index contributed by atoms with van der Waals surface area (Å²) in [5.41, 5.74) is 2.38. The molecule has 0 radical (unpaired) electrons. The Kier molecular flexibility index (Phi) is 4.29. The van der Waals surface area contributed by atoms with Crippen LogP contribution >= 0.6 is 0 Å². The van der Waals surface area contributed by atoms with Gasteiger partial charge in [-0.2, -0.15) is 0 Å². The van der Waals surface area contributed by atoms with Crippen LogP contribution in [0.4, 0.5) is 5.69 Å². The van der Waals surface area contributed by atoms with E-state index in [9.17, 15) is 4.79 Å². The van der Waals surface area contributed by atoms with E-state index in [0.29, 0.717) is 5.56 Å². The van der Waals surface area contributed by atoms with Crippen LogP contribution in [0.5, 0.6) is 0 Å². The highest BCUT2D eigenvalue weighted by atomic mass is 16.1. The van der Waals surface area contributed by atoms with Gasteiger partial charge in [0.2, 0.25) is 0 Å². The van der Waals surface area contributed by atoms with Crippen molar-refractivity contribution in [2.24, 2.45) is 0 Å². The van der Waals surface area contributed by atoms with E-state index < -0.39 is 0 Å². The van der Waals surface area contributed by atoms with E-state index >= 15 is 0 Å². The summed E-state index contributed by atoms with van der Waals surface area (Å²) in [5, 5.41) is 11.7. The molecule has 126 valence electrons. The van der Waals surface area contributed by atoms with Crippen LogP contribution in [0.3, 0.4) is 0 Å². The highest BCUT2D eigenvalue weighted by Crippen LogP contribution is 2.25. The molecule has 0 bridgehead atoms. The lowest BCUT2D eigenvalue weighted by atomic mass is 10.1. The molecule has 25 heavy (non-hydrogen) atoms. The molecule has 5 heteroatoms. The van der Waals surface area contributed by atoms with E-state index in [1.807, 2.05) is 42.5 Å². The third-order valence-corrected chi connectivity index (χ3v) is 4.52. The molecule has 2 heterocycles. The molecule has 1 N–H and O–H groups in total. The van der Waals surface area contributed by atoms with Gasteiger partial charge >= 0.3 is 0 Å². The zero-order valence-corrected chi connectivity index (χ0v) is 14.0. The van der Waals surface area contributed by atoms with Gasteiger partial charge in [-0.05, 0) is 37.1 Å². The molecule has 0 fully saturated rings. The van der Waals surface area contributed by atoms with Gasteiger partial charge in [0.05, 0.1) is 0 Å². The Labute approximate surface area is 146 Å². The first-order valence-electron chi connectivity index (χ1n) is 8.70. The first-order valence-corrected chi connectivity index (χ1v) is 8.70. The molecular weight excluding hydrogens is 312 g/mol.